The molecule has 0 saturated carbocycles. The highest BCUT2D eigenvalue weighted by atomic mass is 15.2. The third-order valence-corrected chi connectivity index (χ3v) is 0.649. The van der Waals surface area contributed by atoms with Gasteiger partial charge in [0.25, 0.3) is 0 Å². The lowest BCUT2D eigenvalue weighted by Gasteiger charge is -1.69. The van der Waals surface area contributed by atoms with Gasteiger partial charge in [0, 0.05) is 12.9 Å². The van der Waals surface area contributed by atoms with Crippen LogP contribution in [0.25, 0.3) is 0 Å². The van der Waals surface area contributed by atoms with Crippen LogP contribution in [0.2, 0.25) is 0 Å². The van der Waals surface area contributed by atoms with Crippen molar-refractivity contribution in [3.8, 4) is 0 Å². The molecule has 0 rings (SSSR count). The molecule has 0 aliphatic carbocycles. The first-order valence-corrected chi connectivity index (χ1v) is 2.69. The highest BCUT2D eigenvalue weighted by Gasteiger charge is 1.58. The van der Waals surface area contributed by atoms with Crippen molar-refractivity contribution in [1.82, 2.24) is 0 Å². The summed E-state index contributed by atoms with van der Waals surface area (Å²) in [6.07, 6.45) is 9.08. The van der Waals surface area contributed by atoms with E-state index in [1.807, 2.05) is 25.2 Å². The summed E-state index contributed by atoms with van der Waals surface area (Å²) in [4.78, 5) is 0. The Morgan fingerprint density at radius 1 is 1.22 bits per heavy atom. The van der Waals surface area contributed by atoms with Crippen LogP contribution < -0.4 is 0 Å². The molecule has 0 aromatic carbocycles. The van der Waals surface area contributed by atoms with Gasteiger partial charge in [0.2, 0.25) is 0 Å². The largest absolute Gasteiger partial charge is 0.167 e. The number of rotatable bonds is 3. The standard InChI is InChI=1S/C7H10N2/c1-3-4-5-6-7-9-8-2/h3-7H,2H2,1H3/b4-3-,6-5-,9-7-. The van der Waals surface area contributed by atoms with E-state index in [4.69, 9.17) is 0 Å². The van der Waals surface area contributed by atoms with Crippen LogP contribution in [0.15, 0.2) is 34.5 Å². The fraction of sp³-hybridized carbons (Fsp3) is 0.143. The first-order chi connectivity index (χ1) is 4.41. The lowest BCUT2D eigenvalue weighted by molar-refractivity contribution is 1.28. The van der Waals surface area contributed by atoms with E-state index in [0.29, 0.717) is 0 Å². The molecule has 0 fully saturated rings. The lowest BCUT2D eigenvalue weighted by atomic mass is 10.4. The average Bonchev–Trinajstić information content (AvgIpc) is 1.89. The Hall–Kier alpha value is -1.18. The maximum atomic E-state index is 3.51. The zero-order chi connectivity index (χ0) is 6.95. The SMILES string of the molecule is C=N\N=C/C=C\C=C/C. The fourth-order valence-electron chi connectivity index (χ4n) is 0.311. The van der Waals surface area contributed by atoms with Crippen LogP contribution in [0.1, 0.15) is 6.92 Å². The highest BCUT2D eigenvalue weighted by Crippen LogP contribution is 1.73. The van der Waals surface area contributed by atoms with Gasteiger partial charge in [0.15, 0.2) is 0 Å². The third-order valence-electron chi connectivity index (χ3n) is 0.649. The normalized spacial score (nSPS) is 12.1. The molecule has 48 valence electrons. The van der Waals surface area contributed by atoms with Gasteiger partial charge in [-0.3, -0.25) is 0 Å². The van der Waals surface area contributed by atoms with Gasteiger partial charge in [0.05, 0.1) is 0 Å². The molecule has 0 saturated heterocycles. The molecule has 0 heterocycles. The number of hydrogen-bond donors (Lipinski definition) is 0. The van der Waals surface area contributed by atoms with Crippen molar-refractivity contribution in [2.45, 2.75) is 6.92 Å². The molecule has 9 heavy (non-hydrogen) atoms. The topological polar surface area (TPSA) is 24.7 Å². The van der Waals surface area contributed by atoms with Gasteiger partial charge in [-0.25, -0.2) is 0 Å². The van der Waals surface area contributed by atoms with Crippen molar-refractivity contribution < 1.29 is 0 Å². The van der Waals surface area contributed by atoms with Crippen LogP contribution in [-0.2, 0) is 0 Å². The van der Waals surface area contributed by atoms with Crippen LogP contribution in [0.3, 0.4) is 0 Å². The van der Waals surface area contributed by atoms with Crippen molar-refractivity contribution in [3.05, 3.63) is 24.3 Å². The van der Waals surface area contributed by atoms with Gasteiger partial charge in [-0.1, -0.05) is 18.2 Å². The summed E-state index contributed by atoms with van der Waals surface area (Å²) < 4.78 is 0. The predicted octanol–water partition coefficient (Wildman–Crippen LogP) is 1.81. The molecule has 0 atom stereocenters. The zero-order valence-electron chi connectivity index (χ0n) is 5.49. The minimum Gasteiger partial charge on any atom is -0.167 e. The van der Waals surface area contributed by atoms with E-state index in [1.54, 1.807) is 12.3 Å². The van der Waals surface area contributed by atoms with E-state index in [2.05, 4.69) is 16.9 Å². The zero-order valence-corrected chi connectivity index (χ0v) is 5.49. The molecular formula is C7H10N2. The minimum atomic E-state index is 1.58. The molecule has 0 aliphatic heterocycles. The minimum absolute atomic E-state index is 1.58. The summed E-state index contributed by atoms with van der Waals surface area (Å²) in [5, 5.41) is 6.79. The second-order valence-corrected chi connectivity index (χ2v) is 1.32. The molecule has 0 spiro atoms. The van der Waals surface area contributed by atoms with Crippen LogP contribution in [0.5, 0.6) is 0 Å². The number of hydrogen-bond acceptors (Lipinski definition) is 2. The van der Waals surface area contributed by atoms with E-state index >= 15 is 0 Å². The highest BCUT2D eigenvalue weighted by molar-refractivity contribution is 5.71. The summed E-state index contributed by atoms with van der Waals surface area (Å²) in [7, 11) is 0. The Morgan fingerprint density at radius 2 is 2.00 bits per heavy atom. The maximum absolute atomic E-state index is 3.51. The summed E-state index contributed by atoms with van der Waals surface area (Å²) in [6, 6.07) is 0. The molecule has 0 aromatic rings. The molecule has 0 unspecified atom stereocenters. The molecular weight excluding hydrogens is 112 g/mol. The molecule has 0 aromatic heterocycles. The Bertz CT molecular complexity index is 143. The second-order valence-electron chi connectivity index (χ2n) is 1.32. The molecule has 0 radical (unpaired) electrons. The van der Waals surface area contributed by atoms with Crippen LogP contribution in [-0.4, -0.2) is 12.9 Å². The van der Waals surface area contributed by atoms with E-state index in [1.165, 1.54) is 0 Å². The smallest absolute Gasteiger partial charge is 0.0495 e. The van der Waals surface area contributed by atoms with Gasteiger partial charge in [-0.05, 0) is 13.0 Å². The van der Waals surface area contributed by atoms with Gasteiger partial charge in [-0.15, -0.1) is 0 Å². The van der Waals surface area contributed by atoms with E-state index < -0.39 is 0 Å². The van der Waals surface area contributed by atoms with E-state index in [-0.39, 0.29) is 0 Å². The summed E-state index contributed by atoms with van der Waals surface area (Å²) in [6.45, 7) is 5.13. The van der Waals surface area contributed by atoms with Gasteiger partial charge >= 0.3 is 0 Å². The summed E-state index contributed by atoms with van der Waals surface area (Å²) in [5.74, 6) is 0. The fourth-order valence-corrected chi connectivity index (χ4v) is 0.311. The second kappa shape index (κ2) is 6.82. The first-order valence-electron chi connectivity index (χ1n) is 2.69. The van der Waals surface area contributed by atoms with Crippen molar-refractivity contribution in [1.29, 1.82) is 0 Å². The Kier molecular flexibility index (Phi) is 5.93. The predicted molar refractivity (Wildman–Crippen MR) is 42.0 cm³/mol. The lowest BCUT2D eigenvalue weighted by Crippen LogP contribution is -1.58. The van der Waals surface area contributed by atoms with Gasteiger partial charge in [-0.2, -0.15) is 10.2 Å². The molecule has 2 heteroatoms. The van der Waals surface area contributed by atoms with Crippen molar-refractivity contribution >= 4 is 12.9 Å². The Balaban J connectivity index is 3.46. The maximum Gasteiger partial charge on any atom is 0.0495 e. The average molecular weight is 122 g/mol. The van der Waals surface area contributed by atoms with Crippen molar-refractivity contribution in [2.24, 2.45) is 10.2 Å². The number of allylic oxidation sites excluding steroid dienone is 4. The Morgan fingerprint density at radius 3 is 2.56 bits per heavy atom. The van der Waals surface area contributed by atoms with E-state index in [0.717, 1.165) is 0 Å². The van der Waals surface area contributed by atoms with Gasteiger partial charge in [0.1, 0.15) is 0 Å². The third kappa shape index (κ3) is 6.82. The molecule has 0 amide bonds. The summed E-state index contributed by atoms with van der Waals surface area (Å²) in [5.41, 5.74) is 0. The molecule has 0 bridgehead atoms. The molecule has 2 nitrogen and oxygen atoms in total. The summed E-state index contributed by atoms with van der Waals surface area (Å²) >= 11 is 0. The first kappa shape index (κ1) is 7.82. The van der Waals surface area contributed by atoms with Gasteiger partial charge < -0.3 is 0 Å². The van der Waals surface area contributed by atoms with E-state index in [9.17, 15) is 0 Å². The van der Waals surface area contributed by atoms with Crippen LogP contribution >= 0.6 is 0 Å². The monoisotopic (exact) mass is 122 g/mol. The molecule has 0 aliphatic rings. The van der Waals surface area contributed by atoms with Crippen molar-refractivity contribution in [2.75, 3.05) is 0 Å². The Labute approximate surface area is 55.3 Å². The number of nitrogens with zero attached hydrogens (tertiary/aromatic N) is 2. The van der Waals surface area contributed by atoms with Crippen molar-refractivity contribution in [3.63, 3.8) is 0 Å². The quantitative estimate of drug-likeness (QED) is 0.310. The van der Waals surface area contributed by atoms with Crippen LogP contribution in [0.4, 0.5) is 0 Å². The van der Waals surface area contributed by atoms with Crippen LogP contribution in [0, 0.1) is 0 Å². The molecule has 0 N–H and O–H groups in total.